The second-order valence-electron chi connectivity index (χ2n) is 3.98. The summed E-state index contributed by atoms with van der Waals surface area (Å²) >= 11 is 0. The van der Waals surface area contributed by atoms with Crippen LogP contribution in [0.3, 0.4) is 0 Å². The first-order valence-electron chi connectivity index (χ1n) is 5.81. The van der Waals surface area contributed by atoms with E-state index in [1.807, 2.05) is 18.2 Å². The maximum absolute atomic E-state index is 11.7. The molecular formula is C13H19F2NO. The molecule has 1 atom stereocenters. The molecule has 1 N–H and O–H groups in total. The fraction of sp³-hybridized carbons (Fsp3) is 0.538. The highest BCUT2D eigenvalue weighted by molar-refractivity contribution is 5.18. The van der Waals surface area contributed by atoms with Crippen LogP contribution in [0.4, 0.5) is 8.78 Å². The fourth-order valence-electron chi connectivity index (χ4n) is 1.53. The second kappa shape index (κ2) is 8.14. The summed E-state index contributed by atoms with van der Waals surface area (Å²) in [5.74, 6) is 0.409. The van der Waals surface area contributed by atoms with E-state index >= 15 is 0 Å². The minimum absolute atomic E-state index is 0.325. The molecular weight excluding hydrogens is 224 g/mol. The summed E-state index contributed by atoms with van der Waals surface area (Å²) in [7, 11) is 0. The van der Waals surface area contributed by atoms with E-state index in [9.17, 15) is 8.78 Å². The Morgan fingerprint density at radius 2 is 1.94 bits per heavy atom. The van der Waals surface area contributed by atoms with Gasteiger partial charge in [0.15, 0.2) is 0 Å². The Balaban J connectivity index is 2.07. The molecule has 0 spiro atoms. The summed E-state index contributed by atoms with van der Waals surface area (Å²) in [6.45, 7) is 3.40. The molecule has 96 valence electrons. The summed E-state index contributed by atoms with van der Waals surface area (Å²) in [6.07, 6.45) is -2.38. The van der Waals surface area contributed by atoms with Gasteiger partial charge in [0, 0.05) is 13.1 Å². The van der Waals surface area contributed by atoms with Gasteiger partial charge in [0.25, 0.3) is 6.43 Å². The van der Waals surface area contributed by atoms with E-state index in [1.54, 1.807) is 0 Å². The Hall–Kier alpha value is -1.00. The van der Waals surface area contributed by atoms with Crippen LogP contribution in [-0.2, 0) is 4.74 Å². The SMILES string of the molecule is CC(CNCCOCC(F)F)c1ccccc1. The Morgan fingerprint density at radius 3 is 2.59 bits per heavy atom. The van der Waals surface area contributed by atoms with Crippen molar-refractivity contribution < 1.29 is 13.5 Å². The second-order valence-corrected chi connectivity index (χ2v) is 3.98. The van der Waals surface area contributed by atoms with Gasteiger partial charge >= 0.3 is 0 Å². The quantitative estimate of drug-likeness (QED) is 0.709. The first kappa shape index (κ1) is 14.1. The number of benzene rings is 1. The summed E-state index contributed by atoms with van der Waals surface area (Å²) < 4.78 is 28.3. The van der Waals surface area contributed by atoms with Gasteiger partial charge in [0.05, 0.1) is 6.61 Å². The molecule has 0 saturated carbocycles. The van der Waals surface area contributed by atoms with Gasteiger partial charge in [0.1, 0.15) is 6.61 Å². The molecule has 0 aliphatic rings. The van der Waals surface area contributed by atoms with E-state index in [0.29, 0.717) is 19.1 Å². The summed E-state index contributed by atoms with van der Waals surface area (Å²) in [5, 5.41) is 3.19. The largest absolute Gasteiger partial charge is 0.374 e. The Labute approximate surface area is 101 Å². The van der Waals surface area contributed by atoms with Crippen LogP contribution >= 0.6 is 0 Å². The molecule has 1 aromatic rings. The number of halogens is 2. The van der Waals surface area contributed by atoms with Crippen LogP contribution in [-0.4, -0.2) is 32.7 Å². The molecule has 0 aliphatic heterocycles. The van der Waals surface area contributed by atoms with E-state index in [-0.39, 0.29) is 0 Å². The van der Waals surface area contributed by atoms with E-state index in [2.05, 4.69) is 24.4 Å². The highest BCUT2D eigenvalue weighted by Gasteiger charge is 2.04. The molecule has 0 amide bonds. The van der Waals surface area contributed by atoms with Crippen LogP contribution in [0.5, 0.6) is 0 Å². The molecule has 1 rings (SSSR count). The molecule has 0 aromatic heterocycles. The lowest BCUT2D eigenvalue weighted by molar-refractivity contribution is 0.0187. The van der Waals surface area contributed by atoms with Crippen molar-refractivity contribution in [2.45, 2.75) is 19.3 Å². The minimum Gasteiger partial charge on any atom is -0.374 e. The zero-order valence-corrected chi connectivity index (χ0v) is 10.0. The highest BCUT2D eigenvalue weighted by atomic mass is 19.3. The van der Waals surface area contributed by atoms with Crippen LogP contribution in [0.1, 0.15) is 18.4 Å². The smallest absolute Gasteiger partial charge is 0.261 e. The fourth-order valence-corrected chi connectivity index (χ4v) is 1.53. The van der Waals surface area contributed by atoms with Crippen molar-refractivity contribution in [1.29, 1.82) is 0 Å². The number of alkyl halides is 2. The van der Waals surface area contributed by atoms with Crippen LogP contribution in [0.15, 0.2) is 30.3 Å². The van der Waals surface area contributed by atoms with Crippen LogP contribution in [0.25, 0.3) is 0 Å². The van der Waals surface area contributed by atoms with Crippen molar-refractivity contribution in [2.24, 2.45) is 0 Å². The zero-order valence-electron chi connectivity index (χ0n) is 10.0. The Morgan fingerprint density at radius 1 is 1.24 bits per heavy atom. The molecule has 0 heterocycles. The highest BCUT2D eigenvalue weighted by Crippen LogP contribution is 2.12. The standard InChI is InChI=1S/C13H19F2NO/c1-11(12-5-3-2-4-6-12)9-16-7-8-17-10-13(14)15/h2-6,11,13,16H,7-10H2,1H3. The molecule has 1 unspecified atom stereocenters. The van der Waals surface area contributed by atoms with Crippen LogP contribution < -0.4 is 5.32 Å². The number of rotatable bonds is 8. The van der Waals surface area contributed by atoms with E-state index in [0.717, 1.165) is 6.54 Å². The maximum Gasteiger partial charge on any atom is 0.261 e. The monoisotopic (exact) mass is 243 g/mol. The lowest BCUT2D eigenvalue weighted by Gasteiger charge is -2.13. The molecule has 0 fully saturated rings. The van der Waals surface area contributed by atoms with Gasteiger partial charge in [-0.3, -0.25) is 0 Å². The van der Waals surface area contributed by atoms with Crippen molar-refractivity contribution >= 4 is 0 Å². The molecule has 0 saturated heterocycles. The first-order chi connectivity index (χ1) is 8.20. The molecule has 0 aliphatic carbocycles. The van der Waals surface area contributed by atoms with Gasteiger partial charge in [-0.2, -0.15) is 0 Å². The van der Waals surface area contributed by atoms with Crippen LogP contribution in [0.2, 0.25) is 0 Å². The van der Waals surface area contributed by atoms with Gasteiger partial charge in [-0.15, -0.1) is 0 Å². The lowest BCUT2D eigenvalue weighted by atomic mass is 10.0. The van der Waals surface area contributed by atoms with Gasteiger partial charge in [-0.05, 0) is 11.5 Å². The van der Waals surface area contributed by atoms with Crippen molar-refractivity contribution in [3.63, 3.8) is 0 Å². The summed E-state index contributed by atoms with van der Waals surface area (Å²) in [5.41, 5.74) is 1.27. The molecule has 1 aromatic carbocycles. The average molecular weight is 243 g/mol. The minimum atomic E-state index is -2.38. The predicted molar refractivity (Wildman–Crippen MR) is 64.5 cm³/mol. The third-order valence-electron chi connectivity index (χ3n) is 2.49. The number of ether oxygens (including phenoxy) is 1. The topological polar surface area (TPSA) is 21.3 Å². The number of nitrogens with one attached hydrogen (secondary N) is 1. The first-order valence-corrected chi connectivity index (χ1v) is 5.81. The maximum atomic E-state index is 11.7. The molecule has 0 radical (unpaired) electrons. The third-order valence-corrected chi connectivity index (χ3v) is 2.49. The van der Waals surface area contributed by atoms with Gasteiger partial charge in [0.2, 0.25) is 0 Å². The van der Waals surface area contributed by atoms with Crippen molar-refractivity contribution in [3.8, 4) is 0 Å². The molecule has 4 heteroatoms. The third kappa shape index (κ3) is 6.34. The summed E-state index contributed by atoms with van der Waals surface area (Å²) in [4.78, 5) is 0. The van der Waals surface area contributed by atoms with E-state index in [1.165, 1.54) is 5.56 Å². The van der Waals surface area contributed by atoms with Gasteiger partial charge in [-0.25, -0.2) is 8.78 Å². The van der Waals surface area contributed by atoms with Crippen LogP contribution in [0, 0.1) is 0 Å². The predicted octanol–water partition coefficient (Wildman–Crippen LogP) is 2.66. The van der Waals surface area contributed by atoms with Crippen molar-refractivity contribution in [3.05, 3.63) is 35.9 Å². The molecule has 2 nitrogen and oxygen atoms in total. The van der Waals surface area contributed by atoms with Gasteiger partial charge in [-0.1, -0.05) is 37.3 Å². The number of hydrogen-bond acceptors (Lipinski definition) is 2. The molecule has 0 bridgehead atoms. The van der Waals surface area contributed by atoms with Crippen molar-refractivity contribution in [1.82, 2.24) is 5.32 Å². The lowest BCUT2D eigenvalue weighted by Crippen LogP contribution is -2.25. The van der Waals surface area contributed by atoms with E-state index in [4.69, 9.17) is 4.74 Å². The van der Waals surface area contributed by atoms with Gasteiger partial charge < -0.3 is 10.1 Å². The summed E-state index contributed by atoms with van der Waals surface area (Å²) in [6, 6.07) is 10.2. The normalized spacial score (nSPS) is 12.9. The zero-order chi connectivity index (χ0) is 12.5. The molecule has 17 heavy (non-hydrogen) atoms. The average Bonchev–Trinajstić information content (AvgIpc) is 2.34. The Bertz CT molecular complexity index is 293. The Kier molecular flexibility index (Phi) is 6.74. The van der Waals surface area contributed by atoms with Crippen molar-refractivity contribution in [2.75, 3.05) is 26.3 Å². The number of hydrogen-bond donors (Lipinski definition) is 1. The van der Waals surface area contributed by atoms with E-state index < -0.39 is 13.0 Å².